The van der Waals surface area contributed by atoms with Gasteiger partial charge in [0.25, 0.3) is 0 Å². The van der Waals surface area contributed by atoms with Crippen molar-refractivity contribution in [2.24, 2.45) is 17.3 Å². The van der Waals surface area contributed by atoms with Crippen LogP contribution in [0.5, 0.6) is 0 Å². The Bertz CT molecular complexity index is 286. The van der Waals surface area contributed by atoms with Crippen LogP contribution in [0.2, 0.25) is 0 Å². The van der Waals surface area contributed by atoms with Crippen LogP contribution in [0.15, 0.2) is 0 Å². The molecule has 1 unspecified atom stereocenters. The Balaban J connectivity index is 1.94. The Labute approximate surface area is 133 Å². The van der Waals surface area contributed by atoms with Crippen molar-refractivity contribution in [2.45, 2.75) is 78.7 Å². The fourth-order valence-corrected chi connectivity index (χ4v) is 4.26. The SMILES string of the molecule is CC(C)CCN(CC(C)(C)C1CCCNC1)C1CCCC1. The minimum Gasteiger partial charge on any atom is -0.316 e. The molecule has 0 aromatic rings. The van der Waals surface area contributed by atoms with Crippen LogP contribution >= 0.6 is 0 Å². The molecule has 2 fully saturated rings. The van der Waals surface area contributed by atoms with E-state index >= 15 is 0 Å². The molecule has 21 heavy (non-hydrogen) atoms. The van der Waals surface area contributed by atoms with E-state index in [0.29, 0.717) is 5.41 Å². The van der Waals surface area contributed by atoms with Gasteiger partial charge >= 0.3 is 0 Å². The van der Waals surface area contributed by atoms with Gasteiger partial charge in [0.05, 0.1) is 0 Å². The summed E-state index contributed by atoms with van der Waals surface area (Å²) in [5, 5.41) is 3.62. The van der Waals surface area contributed by atoms with Gasteiger partial charge in [-0.05, 0) is 69.0 Å². The highest BCUT2D eigenvalue weighted by molar-refractivity contribution is 4.88. The average molecular weight is 295 g/mol. The smallest absolute Gasteiger partial charge is 0.00954 e. The summed E-state index contributed by atoms with van der Waals surface area (Å²) < 4.78 is 0. The third-order valence-corrected chi connectivity index (χ3v) is 5.85. The Hall–Kier alpha value is -0.0800. The second-order valence-electron chi connectivity index (χ2n) is 8.62. The highest BCUT2D eigenvalue weighted by Crippen LogP contribution is 2.35. The van der Waals surface area contributed by atoms with Gasteiger partial charge in [0.1, 0.15) is 0 Å². The van der Waals surface area contributed by atoms with Gasteiger partial charge in [-0.15, -0.1) is 0 Å². The molecule has 0 radical (unpaired) electrons. The first-order valence-electron chi connectivity index (χ1n) is 9.44. The Kier molecular flexibility index (Phi) is 6.55. The first-order valence-corrected chi connectivity index (χ1v) is 9.44. The molecule has 0 amide bonds. The maximum absolute atomic E-state index is 3.62. The van der Waals surface area contributed by atoms with Crippen LogP contribution in [0.4, 0.5) is 0 Å². The van der Waals surface area contributed by atoms with Crippen molar-refractivity contribution in [3.63, 3.8) is 0 Å². The van der Waals surface area contributed by atoms with E-state index in [1.807, 2.05) is 0 Å². The van der Waals surface area contributed by atoms with E-state index in [0.717, 1.165) is 17.9 Å². The molecule has 1 saturated carbocycles. The summed E-state index contributed by atoms with van der Waals surface area (Å²) in [6, 6.07) is 0.875. The summed E-state index contributed by atoms with van der Waals surface area (Å²) in [6.07, 6.45) is 9.93. The molecule has 2 nitrogen and oxygen atoms in total. The predicted octanol–water partition coefficient (Wildman–Crippen LogP) is 4.30. The third-order valence-electron chi connectivity index (χ3n) is 5.85. The van der Waals surface area contributed by atoms with E-state index in [2.05, 4.69) is 37.9 Å². The van der Waals surface area contributed by atoms with Crippen molar-refractivity contribution < 1.29 is 0 Å². The van der Waals surface area contributed by atoms with Gasteiger partial charge < -0.3 is 5.32 Å². The number of rotatable bonds is 7. The molecule has 2 aliphatic rings. The summed E-state index contributed by atoms with van der Waals surface area (Å²) in [5.41, 5.74) is 0.451. The quantitative estimate of drug-likeness (QED) is 0.753. The number of hydrogen-bond acceptors (Lipinski definition) is 2. The normalized spacial score (nSPS) is 25.1. The maximum atomic E-state index is 3.62. The zero-order chi connectivity index (χ0) is 15.3. The first-order chi connectivity index (χ1) is 9.99. The molecule has 1 aliphatic carbocycles. The largest absolute Gasteiger partial charge is 0.316 e. The van der Waals surface area contributed by atoms with Gasteiger partial charge in [-0.1, -0.05) is 40.5 Å². The molecule has 0 aromatic carbocycles. The second kappa shape index (κ2) is 7.97. The highest BCUT2D eigenvalue weighted by atomic mass is 15.2. The van der Waals surface area contributed by atoms with Crippen LogP contribution in [-0.2, 0) is 0 Å². The van der Waals surface area contributed by atoms with Crippen molar-refractivity contribution >= 4 is 0 Å². The molecule has 0 spiro atoms. The van der Waals surface area contributed by atoms with Crippen LogP contribution in [0.25, 0.3) is 0 Å². The molecule has 1 atom stereocenters. The minimum atomic E-state index is 0.451. The first kappa shape index (κ1) is 17.3. The van der Waals surface area contributed by atoms with Crippen molar-refractivity contribution in [1.29, 1.82) is 0 Å². The Morgan fingerprint density at radius 2 is 1.81 bits per heavy atom. The Morgan fingerprint density at radius 3 is 2.38 bits per heavy atom. The summed E-state index contributed by atoms with van der Waals surface area (Å²) in [6.45, 7) is 14.8. The average Bonchev–Trinajstić information content (AvgIpc) is 2.98. The van der Waals surface area contributed by atoms with Crippen molar-refractivity contribution in [3.8, 4) is 0 Å². The van der Waals surface area contributed by atoms with Gasteiger partial charge in [0.2, 0.25) is 0 Å². The molecule has 1 aliphatic heterocycles. The third kappa shape index (κ3) is 5.25. The van der Waals surface area contributed by atoms with Crippen LogP contribution in [0.3, 0.4) is 0 Å². The number of nitrogens with one attached hydrogen (secondary N) is 1. The van der Waals surface area contributed by atoms with Crippen molar-refractivity contribution in [2.75, 3.05) is 26.2 Å². The van der Waals surface area contributed by atoms with Crippen LogP contribution < -0.4 is 5.32 Å². The fraction of sp³-hybridized carbons (Fsp3) is 1.00. The molecule has 1 saturated heterocycles. The van der Waals surface area contributed by atoms with E-state index in [1.165, 1.54) is 71.1 Å². The monoisotopic (exact) mass is 294 g/mol. The van der Waals surface area contributed by atoms with Crippen LogP contribution in [-0.4, -0.2) is 37.1 Å². The van der Waals surface area contributed by atoms with Crippen molar-refractivity contribution in [3.05, 3.63) is 0 Å². The van der Waals surface area contributed by atoms with E-state index < -0.39 is 0 Å². The summed E-state index contributed by atoms with van der Waals surface area (Å²) in [5.74, 6) is 1.68. The molecule has 1 N–H and O–H groups in total. The Morgan fingerprint density at radius 1 is 1.10 bits per heavy atom. The van der Waals surface area contributed by atoms with Crippen LogP contribution in [0.1, 0.15) is 72.6 Å². The molecular weight excluding hydrogens is 256 g/mol. The van der Waals surface area contributed by atoms with E-state index in [4.69, 9.17) is 0 Å². The van der Waals surface area contributed by atoms with Crippen LogP contribution in [0, 0.1) is 17.3 Å². The predicted molar refractivity (Wildman–Crippen MR) is 92.7 cm³/mol. The lowest BCUT2D eigenvalue weighted by Crippen LogP contribution is -2.47. The number of hydrogen-bond donors (Lipinski definition) is 1. The standard InChI is InChI=1S/C19H38N2/c1-16(2)11-13-21(18-9-5-6-10-18)15-19(3,4)17-8-7-12-20-14-17/h16-18,20H,5-15H2,1-4H3. The molecule has 0 aromatic heterocycles. The topological polar surface area (TPSA) is 15.3 Å². The fourth-order valence-electron chi connectivity index (χ4n) is 4.26. The molecule has 0 bridgehead atoms. The highest BCUT2D eigenvalue weighted by Gasteiger charge is 2.34. The van der Waals surface area contributed by atoms with E-state index in [-0.39, 0.29) is 0 Å². The zero-order valence-electron chi connectivity index (χ0n) is 15.0. The van der Waals surface area contributed by atoms with Crippen molar-refractivity contribution in [1.82, 2.24) is 10.2 Å². The molecular formula is C19H38N2. The molecule has 1 heterocycles. The zero-order valence-corrected chi connectivity index (χ0v) is 15.0. The van der Waals surface area contributed by atoms with Gasteiger partial charge in [0, 0.05) is 12.6 Å². The van der Waals surface area contributed by atoms with E-state index in [9.17, 15) is 0 Å². The van der Waals surface area contributed by atoms with Gasteiger partial charge in [0.15, 0.2) is 0 Å². The summed E-state index contributed by atoms with van der Waals surface area (Å²) in [7, 11) is 0. The second-order valence-corrected chi connectivity index (χ2v) is 8.62. The number of piperidine rings is 1. The summed E-state index contributed by atoms with van der Waals surface area (Å²) in [4.78, 5) is 2.86. The summed E-state index contributed by atoms with van der Waals surface area (Å²) >= 11 is 0. The molecule has 2 rings (SSSR count). The van der Waals surface area contributed by atoms with Gasteiger partial charge in [-0.2, -0.15) is 0 Å². The molecule has 124 valence electrons. The lowest BCUT2D eigenvalue weighted by Gasteiger charge is -2.43. The van der Waals surface area contributed by atoms with Gasteiger partial charge in [-0.25, -0.2) is 0 Å². The maximum Gasteiger partial charge on any atom is 0.00954 e. The van der Waals surface area contributed by atoms with E-state index in [1.54, 1.807) is 0 Å². The lowest BCUT2D eigenvalue weighted by molar-refractivity contribution is 0.0716. The molecule has 2 heteroatoms. The van der Waals surface area contributed by atoms with Gasteiger partial charge in [-0.3, -0.25) is 4.90 Å². The number of nitrogens with zero attached hydrogens (tertiary/aromatic N) is 1. The lowest BCUT2D eigenvalue weighted by atomic mass is 9.74. The minimum absolute atomic E-state index is 0.451.